The summed E-state index contributed by atoms with van der Waals surface area (Å²) in [6.07, 6.45) is 5.05. The molecular weight excluding hydrogens is 374 g/mol. The molecule has 0 amide bonds. The van der Waals surface area contributed by atoms with Crippen LogP contribution in [0.15, 0.2) is 30.5 Å². The molecule has 2 atom stereocenters. The van der Waals surface area contributed by atoms with Crippen molar-refractivity contribution in [3.63, 3.8) is 0 Å². The number of nitrogens with one attached hydrogen (secondary N) is 2. The van der Waals surface area contributed by atoms with Crippen molar-refractivity contribution in [1.82, 2.24) is 9.97 Å². The Morgan fingerprint density at radius 1 is 1.17 bits per heavy atom. The van der Waals surface area contributed by atoms with Crippen LogP contribution in [0.25, 0.3) is 22.0 Å². The summed E-state index contributed by atoms with van der Waals surface area (Å²) in [5, 5.41) is 6.78. The van der Waals surface area contributed by atoms with Crippen LogP contribution >= 0.6 is 0 Å². The second kappa shape index (κ2) is 7.81. The third kappa shape index (κ3) is 3.69. The lowest BCUT2D eigenvalue weighted by Crippen LogP contribution is -2.17. The van der Waals surface area contributed by atoms with Gasteiger partial charge in [0.1, 0.15) is 17.1 Å². The monoisotopic (exact) mass is 398 g/mol. The zero-order chi connectivity index (χ0) is 20.5. The standard InChI is InChI=1S/C22H24F2N4O/c1-12-4-5-15(8-12)27-22-26-11-14-9-13(10-18(29-3)21(14)28-22)19-16(23)6-7-17(25-2)20(19)24/h6-7,9-12,15,25H,4-5,8H2,1-3H3,(H,26,27,28)/t12-,15?/m1/s1. The molecule has 0 radical (unpaired) electrons. The first-order valence-corrected chi connectivity index (χ1v) is 9.77. The van der Waals surface area contributed by atoms with Gasteiger partial charge in [0, 0.05) is 24.7 Å². The largest absolute Gasteiger partial charge is 0.494 e. The number of hydrogen-bond donors (Lipinski definition) is 2. The molecule has 1 fully saturated rings. The average Bonchev–Trinajstić information content (AvgIpc) is 3.12. The molecule has 1 aliphatic rings. The summed E-state index contributed by atoms with van der Waals surface area (Å²) in [7, 11) is 3.11. The maximum absolute atomic E-state index is 14.8. The van der Waals surface area contributed by atoms with Gasteiger partial charge in [-0.2, -0.15) is 0 Å². The molecule has 1 aliphatic carbocycles. The van der Waals surface area contributed by atoms with Crippen LogP contribution in [0.4, 0.5) is 20.4 Å². The summed E-state index contributed by atoms with van der Waals surface area (Å²) in [5.41, 5.74) is 1.09. The minimum atomic E-state index is -0.650. The van der Waals surface area contributed by atoms with E-state index in [2.05, 4.69) is 27.5 Å². The van der Waals surface area contributed by atoms with Crippen molar-refractivity contribution in [2.75, 3.05) is 24.8 Å². The van der Waals surface area contributed by atoms with Gasteiger partial charge < -0.3 is 15.4 Å². The van der Waals surface area contributed by atoms with Crippen molar-refractivity contribution < 1.29 is 13.5 Å². The number of halogens is 2. The van der Waals surface area contributed by atoms with Crippen LogP contribution in [0.1, 0.15) is 26.2 Å². The second-order valence-corrected chi connectivity index (χ2v) is 7.60. The average molecular weight is 398 g/mol. The number of ether oxygens (including phenoxy) is 1. The molecule has 0 aliphatic heterocycles. The van der Waals surface area contributed by atoms with Crippen molar-refractivity contribution >= 4 is 22.5 Å². The molecule has 1 aromatic heterocycles. The molecular formula is C22H24F2N4O. The quantitative estimate of drug-likeness (QED) is 0.617. The number of rotatable bonds is 5. The summed E-state index contributed by atoms with van der Waals surface area (Å²) < 4.78 is 34.7. The molecule has 1 saturated carbocycles. The highest BCUT2D eigenvalue weighted by Crippen LogP contribution is 2.36. The van der Waals surface area contributed by atoms with Gasteiger partial charge in [-0.15, -0.1) is 0 Å². The van der Waals surface area contributed by atoms with E-state index >= 15 is 0 Å². The molecule has 0 saturated heterocycles. The van der Waals surface area contributed by atoms with Gasteiger partial charge in [-0.05, 0) is 55.0 Å². The van der Waals surface area contributed by atoms with Gasteiger partial charge >= 0.3 is 0 Å². The Hall–Kier alpha value is -2.96. The SMILES string of the molecule is CNc1ccc(F)c(-c2cc(OC)c3nc(NC4CC[C@@H](C)C4)ncc3c2)c1F. The smallest absolute Gasteiger partial charge is 0.223 e. The Labute approximate surface area is 168 Å². The van der Waals surface area contributed by atoms with E-state index in [1.165, 1.54) is 25.7 Å². The molecule has 3 aromatic rings. The van der Waals surface area contributed by atoms with Crippen molar-refractivity contribution in [2.45, 2.75) is 32.2 Å². The van der Waals surface area contributed by atoms with Crippen molar-refractivity contribution in [2.24, 2.45) is 5.92 Å². The maximum atomic E-state index is 14.8. The summed E-state index contributed by atoms with van der Waals surface area (Å²) in [4.78, 5) is 9.01. The lowest BCUT2D eigenvalue weighted by molar-refractivity contribution is 0.419. The number of hydrogen-bond acceptors (Lipinski definition) is 5. The molecule has 29 heavy (non-hydrogen) atoms. The van der Waals surface area contributed by atoms with E-state index in [1.807, 2.05) is 0 Å². The van der Waals surface area contributed by atoms with Gasteiger partial charge in [0.25, 0.3) is 0 Å². The normalized spacial score (nSPS) is 18.8. The zero-order valence-corrected chi connectivity index (χ0v) is 16.7. The molecule has 1 unspecified atom stereocenters. The van der Waals surface area contributed by atoms with E-state index < -0.39 is 11.6 Å². The predicted molar refractivity (Wildman–Crippen MR) is 111 cm³/mol. The highest BCUT2D eigenvalue weighted by Gasteiger charge is 2.22. The fourth-order valence-corrected chi connectivity index (χ4v) is 4.01. The van der Waals surface area contributed by atoms with Crippen LogP contribution in [-0.2, 0) is 0 Å². The fraction of sp³-hybridized carbons (Fsp3) is 0.364. The van der Waals surface area contributed by atoms with Crippen LogP contribution in [0.2, 0.25) is 0 Å². The van der Waals surface area contributed by atoms with Gasteiger partial charge in [0.15, 0.2) is 5.82 Å². The van der Waals surface area contributed by atoms with Gasteiger partial charge in [-0.1, -0.05) is 6.92 Å². The van der Waals surface area contributed by atoms with Crippen molar-refractivity contribution in [3.05, 3.63) is 42.1 Å². The second-order valence-electron chi connectivity index (χ2n) is 7.60. The molecule has 2 aromatic carbocycles. The minimum absolute atomic E-state index is 0.112. The van der Waals surface area contributed by atoms with E-state index in [1.54, 1.807) is 25.4 Å². The molecule has 7 heteroatoms. The Morgan fingerprint density at radius 3 is 2.69 bits per heavy atom. The summed E-state index contributed by atoms with van der Waals surface area (Å²) in [6.45, 7) is 2.24. The Morgan fingerprint density at radius 2 is 2.00 bits per heavy atom. The van der Waals surface area contributed by atoms with Gasteiger partial charge in [0.2, 0.25) is 5.95 Å². The molecule has 5 nitrogen and oxygen atoms in total. The van der Waals surface area contributed by atoms with E-state index in [4.69, 9.17) is 4.74 Å². The maximum Gasteiger partial charge on any atom is 0.223 e. The first kappa shape index (κ1) is 19.4. The summed E-state index contributed by atoms with van der Waals surface area (Å²) >= 11 is 0. The van der Waals surface area contributed by atoms with Gasteiger partial charge in [-0.25, -0.2) is 18.7 Å². The fourth-order valence-electron chi connectivity index (χ4n) is 4.01. The van der Waals surface area contributed by atoms with E-state index in [-0.39, 0.29) is 11.3 Å². The third-order valence-electron chi connectivity index (χ3n) is 5.55. The first-order valence-electron chi connectivity index (χ1n) is 9.77. The Bertz CT molecular complexity index is 1060. The Balaban J connectivity index is 1.76. The molecule has 2 N–H and O–H groups in total. The third-order valence-corrected chi connectivity index (χ3v) is 5.55. The first-order chi connectivity index (χ1) is 14.0. The van der Waals surface area contributed by atoms with Crippen molar-refractivity contribution in [3.8, 4) is 16.9 Å². The number of benzene rings is 2. The van der Waals surface area contributed by atoms with Crippen LogP contribution < -0.4 is 15.4 Å². The zero-order valence-electron chi connectivity index (χ0n) is 16.7. The van der Waals surface area contributed by atoms with Gasteiger partial charge in [-0.3, -0.25) is 0 Å². The number of aromatic nitrogens is 2. The minimum Gasteiger partial charge on any atom is -0.494 e. The van der Waals surface area contributed by atoms with Crippen LogP contribution in [0.5, 0.6) is 5.75 Å². The van der Waals surface area contributed by atoms with E-state index in [0.717, 1.165) is 12.8 Å². The summed E-state index contributed by atoms with van der Waals surface area (Å²) in [6, 6.07) is 6.27. The topological polar surface area (TPSA) is 59.1 Å². The van der Waals surface area contributed by atoms with Crippen LogP contribution in [0.3, 0.4) is 0 Å². The highest BCUT2D eigenvalue weighted by atomic mass is 19.1. The number of nitrogens with zero attached hydrogens (tertiary/aromatic N) is 2. The van der Waals surface area contributed by atoms with Crippen molar-refractivity contribution in [1.29, 1.82) is 0 Å². The Kier molecular flexibility index (Phi) is 5.22. The molecule has 0 bridgehead atoms. The number of fused-ring (bicyclic) bond motifs is 1. The van der Waals surface area contributed by atoms with Crippen LogP contribution in [-0.4, -0.2) is 30.2 Å². The molecule has 0 spiro atoms. The lowest BCUT2D eigenvalue weighted by atomic mass is 10.0. The molecule has 4 rings (SSSR count). The molecule has 152 valence electrons. The predicted octanol–water partition coefficient (Wildman–Crippen LogP) is 5.23. The molecule has 1 heterocycles. The van der Waals surface area contributed by atoms with E-state index in [0.29, 0.717) is 40.1 Å². The number of anilines is 2. The van der Waals surface area contributed by atoms with Crippen LogP contribution in [0, 0.1) is 17.6 Å². The summed E-state index contributed by atoms with van der Waals surface area (Å²) in [5.74, 6) is 0.387. The lowest BCUT2D eigenvalue weighted by Gasteiger charge is -2.15. The highest BCUT2D eigenvalue weighted by molar-refractivity contribution is 5.90. The van der Waals surface area contributed by atoms with E-state index in [9.17, 15) is 8.78 Å². The van der Waals surface area contributed by atoms with Gasteiger partial charge in [0.05, 0.1) is 18.4 Å². The number of methoxy groups -OCH3 is 1.